The molecule has 2 heterocycles. The van der Waals surface area contributed by atoms with Crippen molar-refractivity contribution in [3.05, 3.63) is 0 Å². The first kappa shape index (κ1) is 19.7. The monoisotopic (exact) mass is 354 g/mol. The fraction of sp³-hybridized carbons (Fsp3) is 0.833. The molecule has 0 radical (unpaired) electrons. The number of carbonyl (C=O) groups is 3. The predicted molar refractivity (Wildman–Crippen MR) is 92.1 cm³/mol. The van der Waals surface area contributed by atoms with Gasteiger partial charge in [0.25, 0.3) is 0 Å². The Morgan fingerprint density at radius 1 is 1.12 bits per heavy atom. The molecule has 1 N–H and O–H groups in total. The summed E-state index contributed by atoms with van der Waals surface area (Å²) in [5, 5.41) is 9.00. The number of hydrogen-bond acceptors (Lipinski definition) is 4. The minimum Gasteiger partial charge on any atom is -0.480 e. The smallest absolute Gasteiger partial charge is 0.323 e. The van der Waals surface area contributed by atoms with Crippen LogP contribution in [0.2, 0.25) is 0 Å². The van der Waals surface area contributed by atoms with Crippen LogP contribution in [0.25, 0.3) is 0 Å². The molecule has 0 aliphatic carbocycles. The van der Waals surface area contributed by atoms with Crippen LogP contribution in [0.15, 0.2) is 0 Å². The normalized spacial score (nSPS) is 24.4. The van der Waals surface area contributed by atoms with E-state index in [2.05, 4.69) is 0 Å². The summed E-state index contributed by atoms with van der Waals surface area (Å²) in [5.41, 5.74) is 0. The lowest BCUT2D eigenvalue weighted by Crippen LogP contribution is -2.43. The van der Waals surface area contributed by atoms with Crippen LogP contribution in [0.1, 0.15) is 58.3 Å². The fourth-order valence-corrected chi connectivity index (χ4v) is 3.76. The molecule has 0 bridgehead atoms. The molecule has 2 fully saturated rings. The predicted octanol–water partition coefficient (Wildman–Crippen LogP) is 1.65. The zero-order chi connectivity index (χ0) is 18.2. The average molecular weight is 354 g/mol. The van der Waals surface area contributed by atoms with Gasteiger partial charge in [-0.05, 0) is 44.9 Å². The Balaban J connectivity index is 1.81. The van der Waals surface area contributed by atoms with Gasteiger partial charge in [0.05, 0.1) is 6.10 Å². The molecule has 142 valence electrons. The molecule has 2 aliphatic heterocycles. The third-order valence-electron chi connectivity index (χ3n) is 5.16. The number of carbonyl (C=O) groups excluding carboxylic acids is 2. The molecule has 0 saturated carbocycles. The molecule has 2 rings (SSSR count). The summed E-state index contributed by atoms with van der Waals surface area (Å²) in [6.45, 7) is 3.20. The van der Waals surface area contributed by atoms with E-state index >= 15 is 0 Å². The first-order chi connectivity index (χ1) is 12.0. The van der Waals surface area contributed by atoms with Crippen LogP contribution in [-0.4, -0.2) is 71.1 Å². The van der Waals surface area contributed by atoms with Crippen molar-refractivity contribution in [2.45, 2.75) is 70.4 Å². The standard InChI is InChI=1S/C18H30N2O5/c1-14(21)20(13-18(23)24)15-5-4-10-19(11-9-15)17(22)8-7-16-6-2-3-12-25-16/h15-16H,2-13H2,1H3,(H,23,24)/t15-,16-/m1/s1. The first-order valence-corrected chi connectivity index (χ1v) is 9.35. The van der Waals surface area contributed by atoms with E-state index in [0.717, 1.165) is 38.7 Å². The highest BCUT2D eigenvalue weighted by Crippen LogP contribution is 2.20. The third-order valence-corrected chi connectivity index (χ3v) is 5.16. The lowest BCUT2D eigenvalue weighted by Gasteiger charge is -2.29. The van der Waals surface area contributed by atoms with Crippen molar-refractivity contribution in [1.29, 1.82) is 0 Å². The summed E-state index contributed by atoms with van der Waals surface area (Å²) < 4.78 is 5.68. The maximum absolute atomic E-state index is 12.5. The van der Waals surface area contributed by atoms with Crippen LogP contribution >= 0.6 is 0 Å². The Labute approximate surface area is 149 Å². The summed E-state index contributed by atoms with van der Waals surface area (Å²) in [4.78, 5) is 38.5. The van der Waals surface area contributed by atoms with Crippen molar-refractivity contribution in [3.63, 3.8) is 0 Å². The number of ether oxygens (including phenoxy) is 1. The van der Waals surface area contributed by atoms with Crippen LogP contribution in [0.4, 0.5) is 0 Å². The lowest BCUT2D eigenvalue weighted by atomic mass is 10.0. The Kier molecular flexibility index (Phi) is 7.68. The second-order valence-corrected chi connectivity index (χ2v) is 7.03. The van der Waals surface area contributed by atoms with Crippen LogP contribution in [-0.2, 0) is 19.1 Å². The zero-order valence-corrected chi connectivity index (χ0v) is 15.1. The SMILES string of the molecule is CC(=O)N(CC(=O)O)[C@@H]1CCCN(C(=O)CC[C@H]2CCCCO2)CC1. The number of nitrogens with zero attached hydrogens (tertiary/aromatic N) is 2. The van der Waals surface area contributed by atoms with Crippen LogP contribution in [0.5, 0.6) is 0 Å². The van der Waals surface area contributed by atoms with Gasteiger partial charge < -0.3 is 19.6 Å². The topological polar surface area (TPSA) is 87.2 Å². The van der Waals surface area contributed by atoms with Gasteiger partial charge in [-0.2, -0.15) is 0 Å². The van der Waals surface area contributed by atoms with Gasteiger partial charge in [0.2, 0.25) is 11.8 Å². The van der Waals surface area contributed by atoms with Gasteiger partial charge in [-0.15, -0.1) is 0 Å². The number of likely N-dealkylation sites (tertiary alicyclic amines) is 1. The van der Waals surface area contributed by atoms with Gasteiger partial charge in [0.1, 0.15) is 6.54 Å². The first-order valence-electron chi connectivity index (χ1n) is 9.35. The van der Waals surface area contributed by atoms with Crippen molar-refractivity contribution in [1.82, 2.24) is 9.80 Å². The van der Waals surface area contributed by atoms with Crippen molar-refractivity contribution in [2.24, 2.45) is 0 Å². The minimum absolute atomic E-state index is 0.104. The summed E-state index contributed by atoms with van der Waals surface area (Å²) in [7, 11) is 0. The summed E-state index contributed by atoms with van der Waals surface area (Å²) in [5.74, 6) is -1.08. The molecule has 2 aliphatic rings. The van der Waals surface area contributed by atoms with Gasteiger partial charge in [-0.1, -0.05) is 0 Å². The van der Waals surface area contributed by atoms with Crippen molar-refractivity contribution < 1.29 is 24.2 Å². The number of amides is 2. The Morgan fingerprint density at radius 3 is 2.56 bits per heavy atom. The van der Waals surface area contributed by atoms with E-state index in [4.69, 9.17) is 9.84 Å². The van der Waals surface area contributed by atoms with Gasteiger partial charge in [0.15, 0.2) is 0 Å². The highest BCUT2D eigenvalue weighted by Gasteiger charge is 2.27. The average Bonchev–Trinajstić information content (AvgIpc) is 2.84. The summed E-state index contributed by atoms with van der Waals surface area (Å²) >= 11 is 0. The van der Waals surface area contributed by atoms with E-state index in [1.54, 1.807) is 0 Å². The molecular formula is C18H30N2O5. The molecule has 25 heavy (non-hydrogen) atoms. The van der Waals surface area contributed by atoms with Crippen molar-refractivity contribution in [3.8, 4) is 0 Å². The van der Waals surface area contributed by atoms with E-state index in [-0.39, 0.29) is 30.5 Å². The third kappa shape index (κ3) is 6.30. The number of carboxylic acids is 1. The highest BCUT2D eigenvalue weighted by atomic mass is 16.5. The molecule has 0 spiro atoms. The van der Waals surface area contributed by atoms with E-state index < -0.39 is 5.97 Å². The largest absolute Gasteiger partial charge is 0.480 e. The second-order valence-electron chi connectivity index (χ2n) is 7.03. The van der Waals surface area contributed by atoms with E-state index in [0.29, 0.717) is 25.9 Å². The maximum Gasteiger partial charge on any atom is 0.323 e. The van der Waals surface area contributed by atoms with E-state index in [1.807, 2.05) is 4.90 Å². The molecular weight excluding hydrogens is 324 g/mol. The Morgan fingerprint density at radius 2 is 1.92 bits per heavy atom. The van der Waals surface area contributed by atoms with Gasteiger partial charge in [0, 0.05) is 39.1 Å². The molecule has 2 amide bonds. The van der Waals surface area contributed by atoms with E-state index in [1.165, 1.54) is 18.2 Å². The minimum atomic E-state index is -1.00. The van der Waals surface area contributed by atoms with Crippen LogP contribution in [0, 0.1) is 0 Å². The van der Waals surface area contributed by atoms with Crippen molar-refractivity contribution in [2.75, 3.05) is 26.2 Å². The highest BCUT2D eigenvalue weighted by molar-refractivity contribution is 5.80. The van der Waals surface area contributed by atoms with Gasteiger partial charge in [-0.25, -0.2) is 0 Å². The summed E-state index contributed by atoms with van der Waals surface area (Å²) in [6.07, 6.45) is 6.98. The zero-order valence-electron chi connectivity index (χ0n) is 15.1. The quantitative estimate of drug-likeness (QED) is 0.784. The Bertz CT molecular complexity index is 476. The molecule has 7 heteroatoms. The second kappa shape index (κ2) is 9.75. The van der Waals surface area contributed by atoms with Gasteiger partial charge in [-0.3, -0.25) is 14.4 Å². The number of rotatable bonds is 6. The molecule has 2 atom stereocenters. The number of aliphatic carboxylic acids is 1. The van der Waals surface area contributed by atoms with Crippen molar-refractivity contribution >= 4 is 17.8 Å². The van der Waals surface area contributed by atoms with Crippen LogP contribution < -0.4 is 0 Å². The molecule has 2 saturated heterocycles. The van der Waals surface area contributed by atoms with Gasteiger partial charge >= 0.3 is 5.97 Å². The molecule has 7 nitrogen and oxygen atoms in total. The summed E-state index contributed by atoms with van der Waals surface area (Å²) in [6, 6.07) is -0.104. The molecule has 0 unspecified atom stereocenters. The lowest BCUT2D eigenvalue weighted by molar-refractivity contribution is -0.145. The molecule has 0 aromatic rings. The molecule has 0 aromatic carbocycles. The molecule has 0 aromatic heterocycles. The Hall–Kier alpha value is -1.63. The number of hydrogen-bond donors (Lipinski definition) is 1. The van der Waals surface area contributed by atoms with E-state index in [9.17, 15) is 14.4 Å². The fourth-order valence-electron chi connectivity index (χ4n) is 3.76. The number of carboxylic acid groups (broad SMARTS) is 1. The maximum atomic E-state index is 12.5. The van der Waals surface area contributed by atoms with Crippen LogP contribution in [0.3, 0.4) is 0 Å².